The highest BCUT2D eigenvalue weighted by atomic mass is 15.1. The average molecular weight is 216 g/mol. The first-order valence-corrected chi connectivity index (χ1v) is 5.72. The Labute approximate surface area is 94.7 Å². The predicted molar refractivity (Wildman–Crippen MR) is 65.6 cm³/mol. The molecule has 3 heterocycles. The van der Waals surface area contributed by atoms with Crippen molar-refractivity contribution in [3.05, 3.63) is 24.5 Å². The van der Waals surface area contributed by atoms with Gasteiger partial charge in [-0.25, -0.2) is 4.98 Å². The largest absolute Gasteiger partial charge is 0.364 e. The van der Waals surface area contributed by atoms with E-state index in [1.165, 1.54) is 17.3 Å². The summed E-state index contributed by atoms with van der Waals surface area (Å²) >= 11 is 0. The fraction of sp³-hybridized carbons (Fsp3) is 0.417. The molecular weight excluding hydrogens is 200 g/mol. The molecule has 16 heavy (non-hydrogen) atoms. The third kappa shape index (κ3) is 1.55. The summed E-state index contributed by atoms with van der Waals surface area (Å²) in [5.41, 5.74) is 1.19. The average Bonchev–Trinajstić information content (AvgIpc) is 2.90. The molecule has 2 aromatic heterocycles. The maximum atomic E-state index is 4.44. The van der Waals surface area contributed by atoms with Crippen LogP contribution in [-0.4, -0.2) is 28.7 Å². The molecule has 1 saturated heterocycles. The Morgan fingerprint density at radius 1 is 1.50 bits per heavy atom. The smallest absolute Gasteiger partial charge is 0.150 e. The fourth-order valence-electron chi connectivity index (χ4n) is 2.32. The molecule has 1 atom stereocenters. The summed E-state index contributed by atoms with van der Waals surface area (Å²) in [5.74, 6) is 0.999. The summed E-state index contributed by atoms with van der Waals surface area (Å²) < 4.78 is 2.12. The molecule has 0 spiro atoms. The van der Waals surface area contributed by atoms with E-state index >= 15 is 0 Å². The molecule has 1 fully saturated rings. The molecule has 3 rings (SSSR count). The van der Waals surface area contributed by atoms with E-state index in [9.17, 15) is 0 Å². The van der Waals surface area contributed by atoms with Gasteiger partial charge in [-0.2, -0.15) is 0 Å². The first kappa shape index (κ1) is 9.66. The standard InChI is InChI=1S/C12H16N4/c1-16-7-4-9-2-6-14-12(11(9)16)15-10-3-5-13-8-10/h2,4,6-7,10,13H,3,5,8H2,1H3,(H,14,15). The van der Waals surface area contributed by atoms with Gasteiger partial charge in [-0.1, -0.05) is 0 Å². The molecule has 0 bridgehead atoms. The Morgan fingerprint density at radius 2 is 2.44 bits per heavy atom. The van der Waals surface area contributed by atoms with E-state index in [-0.39, 0.29) is 0 Å². The predicted octanol–water partition coefficient (Wildman–Crippen LogP) is 1.35. The van der Waals surface area contributed by atoms with Gasteiger partial charge in [0.15, 0.2) is 5.82 Å². The van der Waals surface area contributed by atoms with E-state index < -0.39 is 0 Å². The zero-order chi connectivity index (χ0) is 11.0. The number of hydrogen-bond acceptors (Lipinski definition) is 3. The number of fused-ring (bicyclic) bond motifs is 1. The number of anilines is 1. The van der Waals surface area contributed by atoms with Crippen LogP contribution in [0.3, 0.4) is 0 Å². The summed E-state index contributed by atoms with van der Waals surface area (Å²) in [6.07, 6.45) is 5.11. The third-order valence-corrected chi connectivity index (χ3v) is 3.19. The lowest BCUT2D eigenvalue weighted by Crippen LogP contribution is -2.23. The molecular formula is C12H16N4. The van der Waals surface area contributed by atoms with Crippen molar-refractivity contribution >= 4 is 16.7 Å². The Balaban J connectivity index is 1.98. The van der Waals surface area contributed by atoms with E-state index in [1.807, 2.05) is 12.3 Å². The SMILES string of the molecule is Cn1ccc2ccnc(NC3CCNC3)c21. The molecule has 0 saturated carbocycles. The van der Waals surface area contributed by atoms with Crippen LogP contribution in [0.25, 0.3) is 10.9 Å². The molecule has 84 valence electrons. The normalized spacial score (nSPS) is 20.4. The van der Waals surface area contributed by atoms with Crippen LogP contribution >= 0.6 is 0 Å². The van der Waals surface area contributed by atoms with Gasteiger partial charge >= 0.3 is 0 Å². The molecule has 4 heteroatoms. The lowest BCUT2D eigenvalue weighted by Gasteiger charge is -2.13. The van der Waals surface area contributed by atoms with Crippen molar-refractivity contribution in [2.24, 2.45) is 7.05 Å². The monoisotopic (exact) mass is 216 g/mol. The van der Waals surface area contributed by atoms with Gasteiger partial charge in [0.1, 0.15) is 0 Å². The zero-order valence-electron chi connectivity index (χ0n) is 9.40. The number of nitrogens with one attached hydrogen (secondary N) is 2. The van der Waals surface area contributed by atoms with E-state index in [1.54, 1.807) is 0 Å². The van der Waals surface area contributed by atoms with E-state index in [4.69, 9.17) is 0 Å². The van der Waals surface area contributed by atoms with Crippen LogP contribution in [0.4, 0.5) is 5.82 Å². The molecule has 4 nitrogen and oxygen atoms in total. The molecule has 0 aromatic carbocycles. The minimum atomic E-state index is 0.507. The summed E-state index contributed by atoms with van der Waals surface area (Å²) in [6, 6.07) is 4.68. The van der Waals surface area contributed by atoms with Crippen LogP contribution in [0.15, 0.2) is 24.5 Å². The molecule has 2 N–H and O–H groups in total. The molecule has 0 aliphatic carbocycles. The molecule has 2 aromatic rings. The lowest BCUT2D eigenvalue weighted by molar-refractivity contribution is 0.787. The zero-order valence-corrected chi connectivity index (χ0v) is 9.40. The summed E-state index contributed by atoms with van der Waals surface area (Å²) in [5, 5.41) is 8.11. The number of hydrogen-bond donors (Lipinski definition) is 2. The minimum absolute atomic E-state index is 0.507. The van der Waals surface area contributed by atoms with E-state index in [2.05, 4.69) is 39.5 Å². The van der Waals surface area contributed by atoms with Crippen LogP contribution < -0.4 is 10.6 Å². The van der Waals surface area contributed by atoms with E-state index in [0.717, 1.165) is 18.9 Å². The van der Waals surface area contributed by atoms with Gasteiger partial charge in [0.05, 0.1) is 5.52 Å². The van der Waals surface area contributed by atoms with Gasteiger partial charge in [-0.15, -0.1) is 0 Å². The second kappa shape index (κ2) is 3.79. The number of aromatic nitrogens is 2. The minimum Gasteiger partial charge on any atom is -0.364 e. The van der Waals surface area contributed by atoms with Gasteiger partial charge in [-0.3, -0.25) is 0 Å². The topological polar surface area (TPSA) is 41.9 Å². The quantitative estimate of drug-likeness (QED) is 0.796. The van der Waals surface area contributed by atoms with Crippen molar-refractivity contribution in [1.82, 2.24) is 14.9 Å². The van der Waals surface area contributed by atoms with Crippen molar-refractivity contribution in [3.8, 4) is 0 Å². The van der Waals surface area contributed by atoms with E-state index in [0.29, 0.717) is 6.04 Å². The maximum absolute atomic E-state index is 4.44. The van der Waals surface area contributed by atoms with Gasteiger partial charge in [0.25, 0.3) is 0 Å². The molecule has 0 radical (unpaired) electrons. The number of rotatable bonds is 2. The number of pyridine rings is 1. The van der Waals surface area contributed by atoms with Crippen molar-refractivity contribution in [1.29, 1.82) is 0 Å². The highest BCUT2D eigenvalue weighted by Gasteiger charge is 2.16. The fourth-order valence-corrected chi connectivity index (χ4v) is 2.32. The lowest BCUT2D eigenvalue weighted by atomic mass is 10.2. The molecule has 1 aliphatic rings. The van der Waals surface area contributed by atoms with Crippen molar-refractivity contribution < 1.29 is 0 Å². The molecule has 1 aliphatic heterocycles. The second-order valence-electron chi connectivity index (χ2n) is 4.36. The highest BCUT2D eigenvalue weighted by molar-refractivity contribution is 5.89. The van der Waals surface area contributed by atoms with Gasteiger partial charge < -0.3 is 15.2 Å². The Kier molecular flexibility index (Phi) is 2.29. The van der Waals surface area contributed by atoms with Crippen molar-refractivity contribution in [2.75, 3.05) is 18.4 Å². The first-order valence-electron chi connectivity index (χ1n) is 5.72. The maximum Gasteiger partial charge on any atom is 0.150 e. The van der Waals surface area contributed by atoms with Crippen LogP contribution in [-0.2, 0) is 7.05 Å². The Hall–Kier alpha value is -1.55. The van der Waals surface area contributed by atoms with Crippen molar-refractivity contribution in [3.63, 3.8) is 0 Å². The second-order valence-corrected chi connectivity index (χ2v) is 4.36. The third-order valence-electron chi connectivity index (χ3n) is 3.19. The van der Waals surface area contributed by atoms with Crippen LogP contribution in [0.2, 0.25) is 0 Å². The van der Waals surface area contributed by atoms with Gasteiger partial charge in [0, 0.05) is 37.4 Å². The summed E-state index contributed by atoms with van der Waals surface area (Å²) in [7, 11) is 2.06. The number of aryl methyl sites for hydroxylation is 1. The molecule has 1 unspecified atom stereocenters. The Morgan fingerprint density at radius 3 is 3.25 bits per heavy atom. The van der Waals surface area contributed by atoms with Crippen molar-refractivity contribution in [2.45, 2.75) is 12.5 Å². The number of nitrogens with zero attached hydrogens (tertiary/aromatic N) is 2. The highest BCUT2D eigenvalue weighted by Crippen LogP contribution is 2.22. The molecule has 0 amide bonds. The van der Waals surface area contributed by atoms with Crippen LogP contribution in [0.1, 0.15) is 6.42 Å². The van der Waals surface area contributed by atoms with Gasteiger partial charge in [-0.05, 0) is 25.1 Å². The van der Waals surface area contributed by atoms with Crippen LogP contribution in [0, 0.1) is 0 Å². The first-order chi connectivity index (χ1) is 7.84. The summed E-state index contributed by atoms with van der Waals surface area (Å²) in [6.45, 7) is 2.13. The summed E-state index contributed by atoms with van der Waals surface area (Å²) in [4.78, 5) is 4.44. The Bertz CT molecular complexity index is 497. The van der Waals surface area contributed by atoms with Gasteiger partial charge in [0.2, 0.25) is 0 Å². The van der Waals surface area contributed by atoms with Crippen LogP contribution in [0.5, 0.6) is 0 Å².